The molecule has 0 aliphatic carbocycles. The quantitative estimate of drug-likeness (QED) is 0.0273. The Bertz CT molecular complexity index is 1070. The van der Waals surface area contributed by atoms with Crippen LogP contribution in [0.15, 0.2) is 36.5 Å². The summed E-state index contributed by atoms with van der Waals surface area (Å²) < 4.78 is 6.05. The van der Waals surface area contributed by atoms with E-state index in [2.05, 4.69) is 60.9 Å². The monoisotopic (exact) mass is 817 g/mol. The molecule has 0 saturated heterocycles. The highest BCUT2D eigenvalue weighted by atomic mass is 16.5. The summed E-state index contributed by atoms with van der Waals surface area (Å²) in [4.78, 5) is 47.7. The van der Waals surface area contributed by atoms with E-state index in [1.54, 1.807) is 0 Å². The molecular weight excluding hydrogens is 729 g/mol. The van der Waals surface area contributed by atoms with E-state index in [-0.39, 0.29) is 24.5 Å². The van der Waals surface area contributed by atoms with Crippen molar-refractivity contribution in [1.29, 1.82) is 0 Å². The van der Waals surface area contributed by atoms with E-state index >= 15 is 0 Å². The second-order valence-corrected chi connectivity index (χ2v) is 16.2. The molecule has 0 aliphatic heterocycles. The number of ether oxygens (including phenoxy) is 1. The average Bonchev–Trinajstić information content (AvgIpc) is 3.21. The van der Waals surface area contributed by atoms with Gasteiger partial charge in [0.05, 0.1) is 13.2 Å². The Morgan fingerprint density at radius 2 is 0.983 bits per heavy atom. The smallest absolute Gasteiger partial charge is 0.328 e. The predicted octanol–water partition coefficient (Wildman–Crippen LogP) is 12.2. The number of aliphatic carboxylic acids is 1. The summed E-state index contributed by atoms with van der Waals surface area (Å²) in [5.74, 6) is -2.30. The molecule has 0 spiro atoms. The number of carbonyl (C=O) groups is 4. The highest BCUT2D eigenvalue weighted by molar-refractivity contribution is 5.87. The average molecular weight is 817 g/mol. The van der Waals surface area contributed by atoms with Crippen LogP contribution < -0.4 is 10.6 Å². The third-order valence-corrected chi connectivity index (χ3v) is 10.7. The van der Waals surface area contributed by atoms with Crippen LogP contribution in [0.2, 0.25) is 0 Å². The zero-order chi connectivity index (χ0) is 42.6. The van der Waals surface area contributed by atoms with Gasteiger partial charge in [-0.15, -0.1) is 0 Å². The molecule has 0 aromatic rings. The van der Waals surface area contributed by atoms with Crippen molar-refractivity contribution in [3.05, 3.63) is 36.5 Å². The normalized spacial score (nSPS) is 12.7. The maximum absolute atomic E-state index is 12.8. The Labute approximate surface area is 355 Å². The lowest BCUT2D eigenvalue weighted by Crippen LogP contribution is -2.47. The molecule has 0 aromatic carbocycles. The fourth-order valence-corrected chi connectivity index (χ4v) is 7.02. The van der Waals surface area contributed by atoms with E-state index in [9.17, 15) is 19.2 Å². The molecule has 9 nitrogen and oxygen atoms in total. The van der Waals surface area contributed by atoms with Gasteiger partial charge in [0, 0.05) is 12.8 Å². The van der Waals surface area contributed by atoms with Crippen molar-refractivity contribution in [2.75, 3.05) is 13.2 Å². The SMILES string of the molecule is CC/C=C\C/C=C\C/C=C\CCCCCCCC(=O)OC(CCCCCCCCCCCCCCCCC)CCCCCCCC(=O)NCC(=O)NC(CO)C(=O)O. The van der Waals surface area contributed by atoms with Gasteiger partial charge in [0.15, 0.2) is 0 Å². The number of aliphatic hydroxyl groups excluding tert-OH is 1. The number of unbranched alkanes of at least 4 members (excludes halogenated alkanes) is 23. The second-order valence-electron chi connectivity index (χ2n) is 16.2. The first-order chi connectivity index (χ1) is 28.3. The first kappa shape index (κ1) is 55.1. The summed E-state index contributed by atoms with van der Waals surface area (Å²) in [6.45, 7) is 3.39. The zero-order valence-electron chi connectivity index (χ0n) is 37.3. The Morgan fingerprint density at radius 1 is 0.534 bits per heavy atom. The van der Waals surface area contributed by atoms with Gasteiger partial charge in [0.2, 0.25) is 11.8 Å². The number of hydrogen-bond donors (Lipinski definition) is 4. The molecule has 0 aromatic heterocycles. The minimum atomic E-state index is -1.38. The number of amides is 2. The van der Waals surface area contributed by atoms with E-state index in [1.807, 2.05) is 0 Å². The summed E-state index contributed by atoms with van der Waals surface area (Å²) in [5, 5.41) is 22.6. The number of allylic oxidation sites excluding steroid dienone is 6. The highest BCUT2D eigenvalue weighted by Crippen LogP contribution is 2.19. The highest BCUT2D eigenvalue weighted by Gasteiger charge is 2.19. The van der Waals surface area contributed by atoms with Crippen molar-refractivity contribution in [3.63, 3.8) is 0 Å². The van der Waals surface area contributed by atoms with Crippen LogP contribution in [-0.2, 0) is 23.9 Å². The second kappa shape index (κ2) is 43.6. The maximum atomic E-state index is 12.8. The molecule has 336 valence electrons. The van der Waals surface area contributed by atoms with Gasteiger partial charge < -0.3 is 25.6 Å². The van der Waals surface area contributed by atoms with Crippen molar-refractivity contribution in [2.24, 2.45) is 0 Å². The Balaban J connectivity index is 4.34. The van der Waals surface area contributed by atoms with Crippen molar-refractivity contribution in [1.82, 2.24) is 10.6 Å². The van der Waals surface area contributed by atoms with Gasteiger partial charge in [0.25, 0.3) is 0 Å². The Kier molecular flexibility index (Phi) is 41.4. The summed E-state index contributed by atoms with van der Waals surface area (Å²) >= 11 is 0. The number of esters is 1. The molecule has 58 heavy (non-hydrogen) atoms. The largest absolute Gasteiger partial charge is 0.480 e. The topological polar surface area (TPSA) is 142 Å². The van der Waals surface area contributed by atoms with E-state index in [4.69, 9.17) is 14.9 Å². The lowest BCUT2D eigenvalue weighted by atomic mass is 10.0. The van der Waals surface area contributed by atoms with Crippen molar-refractivity contribution in [2.45, 2.75) is 238 Å². The van der Waals surface area contributed by atoms with Crippen LogP contribution >= 0.6 is 0 Å². The minimum Gasteiger partial charge on any atom is -0.480 e. The number of carboxylic acid groups (broad SMARTS) is 1. The summed E-state index contributed by atoms with van der Waals surface area (Å²) in [5.41, 5.74) is 0. The fourth-order valence-electron chi connectivity index (χ4n) is 7.02. The van der Waals surface area contributed by atoms with Crippen LogP contribution in [0.25, 0.3) is 0 Å². The Hall–Kier alpha value is -2.94. The van der Waals surface area contributed by atoms with Crippen LogP contribution in [-0.4, -0.2) is 59.3 Å². The third kappa shape index (κ3) is 39.9. The molecule has 0 saturated carbocycles. The van der Waals surface area contributed by atoms with Gasteiger partial charge in [-0.2, -0.15) is 0 Å². The predicted molar refractivity (Wildman–Crippen MR) is 241 cm³/mol. The molecule has 2 amide bonds. The molecule has 4 N–H and O–H groups in total. The molecule has 2 atom stereocenters. The van der Waals surface area contributed by atoms with E-state index in [0.717, 1.165) is 89.9 Å². The van der Waals surface area contributed by atoms with Crippen LogP contribution in [0.5, 0.6) is 0 Å². The van der Waals surface area contributed by atoms with Gasteiger partial charge in [-0.3, -0.25) is 14.4 Å². The first-order valence-electron chi connectivity index (χ1n) is 23.9. The molecule has 0 radical (unpaired) electrons. The molecule has 0 rings (SSSR count). The van der Waals surface area contributed by atoms with Gasteiger partial charge in [0.1, 0.15) is 12.1 Å². The minimum absolute atomic E-state index is 0.0209. The number of carbonyl (C=O) groups excluding carboxylic acids is 3. The number of aliphatic hydroxyl groups is 1. The summed E-state index contributed by atoms with van der Waals surface area (Å²) in [6.07, 6.45) is 50.3. The molecule has 0 bridgehead atoms. The number of hydrogen-bond acceptors (Lipinski definition) is 6. The molecular formula is C49H88N2O7. The summed E-state index contributed by atoms with van der Waals surface area (Å²) in [7, 11) is 0. The summed E-state index contributed by atoms with van der Waals surface area (Å²) in [6, 6.07) is -1.38. The van der Waals surface area contributed by atoms with Crippen molar-refractivity contribution < 1.29 is 34.1 Å². The molecule has 9 heteroatoms. The van der Waals surface area contributed by atoms with E-state index in [0.29, 0.717) is 19.3 Å². The molecule has 0 heterocycles. The number of carboxylic acids is 1. The van der Waals surface area contributed by atoms with E-state index in [1.165, 1.54) is 103 Å². The lowest BCUT2D eigenvalue weighted by Gasteiger charge is -2.18. The number of rotatable bonds is 43. The van der Waals surface area contributed by atoms with Gasteiger partial charge in [-0.25, -0.2) is 4.79 Å². The van der Waals surface area contributed by atoms with Crippen molar-refractivity contribution >= 4 is 23.8 Å². The maximum Gasteiger partial charge on any atom is 0.328 e. The molecule has 0 fully saturated rings. The standard InChI is InChI=1S/C49H88N2O7/c1-3-5-7-9-11-13-15-17-19-21-23-25-27-30-34-38-44(39-35-31-29-32-36-40-46(53)50-42-47(54)51-45(43-52)49(56)57)58-48(55)41-37-33-28-26-24-22-20-18-16-14-12-10-8-6-4-2/h6,8,12,14,18,20,44-45,52H,3-5,7,9-11,13,15-17,19,21-43H2,1-2H3,(H,50,53)(H,51,54)(H,56,57)/b8-6-,14-12-,20-18-. The van der Waals surface area contributed by atoms with Crippen LogP contribution in [0.3, 0.4) is 0 Å². The van der Waals surface area contributed by atoms with Crippen molar-refractivity contribution in [3.8, 4) is 0 Å². The van der Waals surface area contributed by atoms with Gasteiger partial charge >= 0.3 is 11.9 Å². The van der Waals surface area contributed by atoms with Crippen LogP contribution in [0.4, 0.5) is 0 Å². The molecule has 2 unspecified atom stereocenters. The Morgan fingerprint density at radius 3 is 1.48 bits per heavy atom. The lowest BCUT2D eigenvalue weighted by molar-refractivity contribution is -0.150. The third-order valence-electron chi connectivity index (χ3n) is 10.7. The van der Waals surface area contributed by atoms with Gasteiger partial charge in [-0.05, 0) is 70.6 Å². The molecule has 0 aliphatic rings. The van der Waals surface area contributed by atoms with E-state index < -0.39 is 24.5 Å². The number of nitrogens with one attached hydrogen (secondary N) is 2. The van der Waals surface area contributed by atoms with Crippen LogP contribution in [0, 0.1) is 0 Å². The fraction of sp³-hybridized carbons (Fsp3) is 0.796. The first-order valence-corrected chi connectivity index (χ1v) is 23.9. The van der Waals surface area contributed by atoms with Gasteiger partial charge in [-0.1, -0.05) is 179 Å². The van der Waals surface area contributed by atoms with Crippen LogP contribution in [0.1, 0.15) is 226 Å². The zero-order valence-corrected chi connectivity index (χ0v) is 37.3.